The van der Waals surface area contributed by atoms with Crippen molar-refractivity contribution in [2.24, 2.45) is 4.99 Å². The van der Waals surface area contributed by atoms with Crippen LogP contribution >= 0.6 is 0 Å². The van der Waals surface area contributed by atoms with Crippen LogP contribution in [0, 0.1) is 0 Å². The summed E-state index contributed by atoms with van der Waals surface area (Å²) in [5, 5.41) is 8.49. The summed E-state index contributed by atoms with van der Waals surface area (Å²) in [7, 11) is 0. The minimum Gasteiger partial charge on any atom is -0.394 e. The Bertz CT molecular complexity index is 222. The maximum Gasteiger partial charge on any atom is 0.0626 e. The first-order chi connectivity index (χ1) is 6.66. The molecular weight excluding hydrogens is 174 g/mol. The topological polar surface area (TPSA) is 32.6 Å². The molecule has 0 rings (SSSR count). The first-order valence-corrected chi connectivity index (χ1v) is 5.06. The summed E-state index contributed by atoms with van der Waals surface area (Å²) in [5.74, 6) is 0. The van der Waals surface area contributed by atoms with E-state index in [1.165, 1.54) is 11.1 Å². The van der Waals surface area contributed by atoms with Crippen LogP contribution in [0.4, 0.5) is 0 Å². The minimum absolute atomic E-state index is 0.126. The van der Waals surface area contributed by atoms with Gasteiger partial charge in [-0.2, -0.15) is 0 Å². The average Bonchev–Trinajstić information content (AvgIpc) is 2.12. The van der Waals surface area contributed by atoms with Crippen LogP contribution in [0.2, 0.25) is 0 Å². The molecule has 0 heterocycles. The van der Waals surface area contributed by atoms with E-state index < -0.39 is 0 Å². The largest absolute Gasteiger partial charge is 0.394 e. The Morgan fingerprint density at radius 2 is 2.00 bits per heavy atom. The number of hydrogen-bond acceptors (Lipinski definition) is 2. The Morgan fingerprint density at radius 1 is 1.29 bits per heavy atom. The second-order valence-corrected chi connectivity index (χ2v) is 3.61. The van der Waals surface area contributed by atoms with Crippen molar-refractivity contribution in [3.8, 4) is 0 Å². The van der Waals surface area contributed by atoms with E-state index in [9.17, 15) is 0 Å². The summed E-state index contributed by atoms with van der Waals surface area (Å²) in [4.78, 5) is 4.01. The Labute approximate surface area is 87.1 Å². The van der Waals surface area contributed by atoms with Crippen LogP contribution in [0.1, 0.15) is 33.6 Å². The third-order valence-corrected chi connectivity index (χ3v) is 1.78. The van der Waals surface area contributed by atoms with Crippen LogP contribution in [-0.4, -0.2) is 24.5 Å². The van der Waals surface area contributed by atoms with Crippen molar-refractivity contribution >= 4 is 6.21 Å². The fourth-order valence-electron chi connectivity index (χ4n) is 0.984. The summed E-state index contributed by atoms with van der Waals surface area (Å²) < 4.78 is 0. The molecule has 0 aromatic heterocycles. The Morgan fingerprint density at radius 3 is 2.57 bits per heavy atom. The van der Waals surface area contributed by atoms with E-state index in [1.54, 1.807) is 6.21 Å². The highest BCUT2D eigenvalue weighted by molar-refractivity contribution is 5.71. The van der Waals surface area contributed by atoms with Gasteiger partial charge >= 0.3 is 0 Å². The number of aliphatic hydroxyl groups is 1. The van der Waals surface area contributed by atoms with Gasteiger partial charge < -0.3 is 5.11 Å². The second-order valence-electron chi connectivity index (χ2n) is 3.61. The zero-order valence-electron chi connectivity index (χ0n) is 9.45. The van der Waals surface area contributed by atoms with Crippen LogP contribution in [0.15, 0.2) is 28.3 Å². The third-order valence-electron chi connectivity index (χ3n) is 1.78. The lowest BCUT2D eigenvalue weighted by Gasteiger charge is -1.96. The number of rotatable bonds is 6. The van der Waals surface area contributed by atoms with Crippen molar-refractivity contribution in [1.82, 2.24) is 0 Å². The van der Waals surface area contributed by atoms with Crippen LogP contribution in [0.3, 0.4) is 0 Å². The van der Waals surface area contributed by atoms with Crippen molar-refractivity contribution in [2.75, 3.05) is 13.2 Å². The molecule has 0 unspecified atom stereocenters. The summed E-state index contributed by atoms with van der Waals surface area (Å²) >= 11 is 0. The second kappa shape index (κ2) is 8.70. The van der Waals surface area contributed by atoms with Gasteiger partial charge in [0.15, 0.2) is 0 Å². The maximum atomic E-state index is 8.49. The predicted molar refractivity (Wildman–Crippen MR) is 62.9 cm³/mol. The SMILES string of the molecule is CC(C)=CCCC(C)=CC=NCCO. The van der Waals surface area contributed by atoms with E-state index >= 15 is 0 Å². The molecule has 0 spiro atoms. The van der Waals surface area contributed by atoms with E-state index in [-0.39, 0.29) is 6.61 Å². The molecule has 2 nitrogen and oxygen atoms in total. The van der Waals surface area contributed by atoms with E-state index in [1.807, 2.05) is 6.08 Å². The van der Waals surface area contributed by atoms with Gasteiger partial charge in [-0.15, -0.1) is 0 Å². The Balaban J connectivity index is 3.72. The predicted octanol–water partition coefficient (Wildman–Crippen LogP) is 2.74. The summed E-state index contributed by atoms with van der Waals surface area (Å²) in [6.07, 6.45) is 8.19. The number of allylic oxidation sites excluding steroid dienone is 4. The monoisotopic (exact) mass is 195 g/mol. The highest BCUT2D eigenvalue weighted by atomic mass is 16.3. The minimum atomic E-state index is 0.126. The molecule has 2 heteroatoms. The van der Waals surface area contributed by atoms with Gasteiger partial charge in [0.05, 0.1) is 13.2 Å². The Hall–Kier alpha value is -0.890. The molecule has 0 fully saturated rings. The quantitative estimate of drug-likeness (QED) is 0.513. The number of aliphatic hydroxyl groups excluding tert-OH is 1. The van der Waals surface area contributed by atoms with Gasteiger partial charge in [-0.25, -0.2) is 0 Å². The lowest BCUT2D eigenvalue weighted by Crippen LogP contribution is -1.86. The summed E-state index contributed by atoms with van der Waals surface area (Å²) in [6, 6.07) is 0. The fraction of sp³-hybridized carbons (Fsp3) is 0.583. The van der Waals surface area contributed by atoms with Crippen molar-refractivity contribution < 1.29 is 5.11 Å². The van der Waals surface area contributed by atoms with Gasteiger partial charge in [0, 0.05) is 6.21 Å². The van der Waals surface area contributed by atoms with Crippen molar-refractivity contribution in [2.45, 2.75) is 33.6 Å². The zero-order valence-corrected chi connectivity index (χ0v) is 9.45. The van der Waals surface area contributed by atoms with Crippen LogP contribution in [0.25, 0.3) is 0 Å². The average molecular weight is 195 g/mol. The molecule has 0 saturated carbocycles. The van der Waals surface area contributed by atoms with Gasteiger partial charge in [0.25, 0.3) is 0 Å². The lowest BCUT2D eigenvalue weighted by molar-refractivity contribution is 0.307. The smallest absolute Gasteiger partial charge is 0.0626 e. The van der Waals surface area contributed by atoms with Gasteiger partial charge in [-0.3, -0.25) is 4.99 Å². The van der Waals surface area contributed by atoms with Gasteiger partial charge in [0.1, 0.15) is 0 Å². The molecular formula is C12H21NO. The molecule has 0 aromatic carbocycles. The molecule has 0 saturated heterocycles. The molecule has 0 bridgehead atoms. The molecule has 0 aliphatic rings. The van der Waals surface area contributed by atoms with Crippen LogP contribution < -0.4 is 0 Å². The van der Waals surface area contributed by atoms with Crippen molar-refractivity contribution in [1.29, 1.82) is 0 Å². The maximum absolute atomic E-state index is 8.49. The third kappa shape index (κ3) is 9.20. The highest BCUT2D eigenvalue weighted by Crippen LogP contribution is 2.05. The van der Waals surface area contributed by atoms with Crippen LogP contribution in [-0.2, 0) is 0 Å². The number of aliphatic imine (C=N–C) groups is 1. The van der Waals surface area contributed by atoms with E-state index in [0.29, 0.717) is 6.54 Å². The van der Waals surface area contributed by atoms with Crippen molar-refractivity contribution in [3.05, 3.63) is 23.3 Å². The summed E-state index contributed by atoms with van der Waals surface area (Å²) in [6.45, 7) is 6.95. The molecule has 0 atom stereocenters. The van der Waals surface area contributed by atoms with E-state index in [2.05, 4.69) is 31.8 Å². The van der Waals surface area contributed by atoms with Gasteiger partial charge in [-0.05, 0) is 39.7 Å². The highest BCUT2D eigenvalue weighted by Gasteiger charge is 1.86. The van der Waals surface area contributed by atoms with Crippen LogP contribution in [0.5, 0.6) is 0 Å². The fourth-order valence-corrected chi connectivity index (χ4v) is 0.984. The molecule has 1 N–H and O–H groups in total. The molecule has 0 aromatic rings. The molecule has 80 valence electrons. The molecule has 14 heavy (non-hydrogen) atoms. The lowest BCUT2D eigenvalue weighted by atomic mass is 10.1. The molecule has 0 aliphatic heterocycles. The normalized spacial score (nSPS) is 12.1. The van der Waals surface area contributed by atoms with Gasteiger partial charge in [-0.1, -0.05) is 17.2 Å². The van der Waals surface area contributed by atoms with Crippen molar-refractivity contribution in [3.63, 3.8) is 0 Å². The molecule has 0 aliphatic carbocycles. The first-order valence-electron chi connectivity index (χ1n) is 5.06. The number of hydrogen-bond donors (Lipinski definition) is 1. The summed E-state index contributed by atoms with van der Waals surface area (Å²) in [5.41, 5.74) is 2.69. The molecule has 0 amide bonds. The number of nitrogens with zero attached hydrogens (tertiary/aromatic N) is 1. The Kier molecular flexibility index (Phi) is 8.14. The first kappa shape index (κ1) is 13.1. The molecule has 0 radical (unpaired) electrons. The van der Waals surface area contributed by atoms with E-state index in [0.717, 1.165) is 12.8 Å². The van der Waals surface area contributed by atoms with Gasteiger partial charge in [0.2, 0.25) is 0 Å². The standard InChI is InChI=1S/C12H21NO/c1-11(2)5-4-6-12(3)7-8-13-9-10-14/h5,7-8,14H,4,6,9-10H2,1-3H3. The van der Waals surface area contributed by atoms with E-state index in [4.69, 9.17) is 5.11 Å². The zero-order chi connectivity index (χ0) is 10.8.